The second kappa shape index (κ2) is 8.55. The molecule has 1 aliphatic rings. The van der Waals surface area contributed by atoms with Gasteiger partial charge >= 0.3 is 0 Å². The molecule has 0 amide bonds. The van der Waals surface area contributed by atoms with Gasteiger partial charge in [0.1, 0.15) is 11.9 Å². The van der Waals surface area contributed by atoms with Crippen LogP contribution in [0.2, 0.25) is 0 Å². The van der Waals surface area contributed by atoms with Crippen LogP contribution in [0.25, 0.3) is 5.69 Å². The highest BCUT2D eigenvalue weighted by atomic mass is 32.1. The second-order valence-electron chi connectivity index (χ2n) is 7.77. The molecular weight excluding hydrogens is 419 g/mol. The summed E-state index contributed by atoms with van der Waals surface area (Å²) >= 11 is 5.80. The molecule has 32 heavy (non-hydrogen) atoms. The van der Waals surface area contributed by atoms with Crippen molar-refractivity contribution in [3.8, 4) is 5.69 Å². The third kappa shape index (κ3) is 3.56. The molecule has 0 aliphatic carbocycles. The minimum absolute atomic E-state index is 0.185. The van der Waals surface area contributed by atoms with Gasteiger partial charge < -0.3 is 14.8 Å². The molecule has 1 aliphatic heterocycles. The van der Waals surface area contributed by atoms with E-state index in [0.717, 1.165) is 23.5 Å². The van der Waals surface area contributed by atoms with Crippen molar-refractivity contribution in [3.63, 3.8) is 0 Å². The average Bonchev–Trinajstić information content (AvgIpc) is 3.44. The molecule has 4 nitrogen and oxygen atoms in total. The normalized spacial score (nSPS) is 18.1. The molecule has 0 bridgehead atoms. The highest BCUT2D eigenvalue weighted by Gasteiger charge is 2.42. The van der Waals surface area contributed by atoms with Crippen LogP contribution in [0.5, 0.6) is 0 Å². The van der Waals surface area contributed by atoms with E-state index in [1.165, 1.54) is 11.6 Å². The number of anilines is 1. The number of hydrogen-bond acceptors (Lipinski definition) is 2. The minimum Gasteiger partial charge on any atom is -0.351 e. The summed E-state index contributed by atoms with van der Waals surface area (Å²) < 4.78 is 16.6. The molecule has 2 aromatic carbocycles. The van der Waals surface area contributed by atoms with Crippen LogP contribution >= 0.6 is 12.2 Å². The summed E-state index contributed by atoms with van der Waals surface area (Å²) in [5, 5.41) is 4.09. The number of aryl methyl sites for hydroxylation is 1. The summed E-state index contributed by atoms with van der Waals surface area (Å²) in [6.07, 6.45) is 4.65. The molecule has 160 valence electrons. The predicted molar refractivity (Wildman–Crippen MR) is 129 cm³/mol. The molecule has 3 heterocycles. The average molecular weight is 443 g/mol. The Hall–Kier alpha value is -3.51. The first-order valence-corrected chi connectivity index (χ1v) is 11.1. The number of hydrogen-bond donors (Lipinski definition) is 1. The maximum atomic E-state index is 14.7. The number of nitrogens with one attached hydrogen (secondary N) is 1. The summed E-state index contributed by atoms with van der Waals surface area (Å²) in [5.74, 6) is -0.272. The van der Waals surface area contributed by atoms with Crippen molar-refractivity contribution >= 4 is 23.0 Å². The lowest BCUT2D eigenvalue weighted by Crippen LogP contribution is -2.30. The molecule has 1 N–H and O–H groups in total. The number of pyridine rings is 1. The van der Waals surface area contributed by atoms with Gasteiger partial charge in [0.15, 0.2) is 5.11 Å². The predicted octanol–water partition coefficient (Wildman–Crippen LogP) is 5.75. The minimum atomic E-state index is -0.272. The van der Waals surface area contributed by atoms with Gasteiger partial charge in [-0.1, -0.05) is 37.3 Å². The van der Waals surface area contributed by atoms with E-state index < -0.39 is 0 Å². The van der Waals surface area contributed by atoms with Crippen LogP contribution in [0, 0.1) is 5.82 Å². The third-order valence-corrected chi connectivity index (χ3v) is 6.23. The Morgan fingerprint density at radius 3 is 2.47 bits per heavy atom. The molecule has 1 fully saturated rings. The number of aromatic nitrogens is 2. The van der Waals surface area contributed by atoms with E-state index in [2.05, 4.69) is 46.4 Å². The van der Waals surface area contributed by atoms with Gasteiger partial charge in [-0.3, -0.25) is 4.98 Å². The maximum absolute atomic E-state index is 14.7. The molecule has 2 atom stereocenters. The highest BCUT2D eigenvalue weighted by Crippen LogP contribution is 2.42. The van der Waals surface area contributed by atoms with Crippen molar-refractivity contribution in [2.24, 2.45) is 0 Å². The molecule has 0 spiro atoms. The van der Waals surface area contributed by atoms with Crippen LogP contribution in [-0.4, -0.2) is 14.7 Å². The first-order valence-electron chi connectivity index (χ1n) is 10.7. The number of thiocarbonyl (C=S) groups is 1. The van der Waals surface area contributed by atoms with Crippen LogP contribution < -0.4 is 10.2 Å². The lowest BCUT2D eigenvalue weighted by Gasteiger charge is -2.29. The SMILES string of the molecule is CCc1ccc(N2C(=S)N[C@@H](c3ccccn3)[C@@H]2c2cccn2-c2ccccc2F)cc1. The molecular formula is C26H23FN4S. The fourth-order valence-electron chi connectivity index (χ4n) is 4.33. The second-order valence-corrected chi connectivity index (χ2v) is 8.16. The Kier molecular flexibility index (Phi) is 5.45. The van der Waals surface area contributed by atoms with E-state index in [1.807, 2.05) is 47.2 Å². The van der Waals surface area contributed by atoms with E-state index in [-0.39, 0.29) is 17.9 Å². The first kappa shape index (κ1) is 20.4. The summed E-state index contributed by atoms with van der Waals surface area (Å²) in [7, 11) is 0. The van der Waals surface area contributed by atoms with Crippen molar-refractivity contribution in [2.75, 3.05) is 4.90 Å². The zero-order chi connectivity index (χ0) is 22.1. The Morgan fingerprint density at radius 1 is 0.969 bits per heavy atom. The Morgan fingerprint density at radius 2 is 1.75 bits per heavy atom. The van der Waals surface area contributed by atoms with E-state index in [4.69, 9.17) is 12.2 Å². The lowest BCUT2D eigenvalue weighted by molar-refractivity contribution is 0.544. The van der Waals surface area contributed by atoms with Crippen LogP contribution in [0.3, 0.4) is 0 Å². The Bertz CT molecular complexity index is 1240. The Balaban J connectivity index is 1.66. The van der Waals surface area contributed by atoms with Crippen LogP contribution in [0.15, 0.2) is 91.3 Å². The van der Waals surface area contributed by atoms with Gasteiger partial charge in [0.25, 0.3) is 0 Å². The van der Waals surface area contributed by atoms with E-state index in [1.54, 1.807) is 18.3 Å². The number of para-hydroxylation sites is 1. The highest BCUT2D eigenvalue weighted by molar-refractivity contribution is 7.80. The van der Waals surface area contributed by atoms with Crippen LogP contribution in [-0.2, 0) is 6.42 Å². The zero-order valence-electron chi connectivity index (χ0n) is 17.6. The molecule has 0 radical (unpaired) electrons. The van der Waals surface area contributed by atoms with Gasteiger partial charge in [0.05, 0.1) is 17.4 Å². The summed E-state index contributed by atoms with van der Waals surface area (Å²) in [4.78, 5) is 6.71. The molecule has 1 saturated heterocycles. The number of rotatable bonds is 5. The zero-order valence-corrected chi connectivity index (χ0v) is 18.5. The van der Waals surface area contributed by atoms with Crippen LogP contribution in [0.4, 0.5) is 10.1 Å². The van der Waals surface area contributed by atoms with Gasteiger partial charge in [-0.05, 0) is 72.7 Å². The van der Waals surface area contributed by atoms with E-state index in [0.29, 0.717) is 10.8 Å². The van der Waals surface area contributed by atoms with Crippen molar-refractivity contribution < 1.29 is 4.39 Å². The summed E-state index contributed by atoms with van der Waals surface area (Å²) in [6, 6.07) is 24.7. The van der Waals surface area contributed by atoms with Gasteiger partial charge in [-0.2, -0.15) is 0 Å². The maximum Gasteiger partial charge on any atom is 0.174 e. The number of benzene rings is 2. The lowest BCUT2D eigenvalue weighted by atomic mass is 10.0. The van der Waals surface area contributed by atoms with Crippen molar-refractivity contribution in [1.29, 1.82) is 0 Å². The molecule has 0 unspecified atom stereocenters. The summed E-state index contributed by atoms with van der Waals surface area (Å²) in [5.41, 5.74) is 4.57. The molecule has 4 aromatic rings. The quantitative estimate of drug-likeness (QED) is 0.399. The number of nitrogens with zero attached hydrogens (tertiary/aromatic N) is 3. The van der Waals surface area contributed by atoms with Crippen molar-refractivity contribution in [2.45, 2.75) is 25.4 Å². The van der Waals surface area contributed by atoms with Gasteiger partial charge in [0, 0.05) is 23.8 Å². The molecule has 2 aromatic heterocycles. The standard InChI is InChI=1S/C26H23FN4S/c1-2-18-12-14-19(15-13-18)31-25(24(29-26(31)32)21-9-5-6-16-28-21)23-11-7-17-30(23)22-10-4-3-8-20(22)27/h3-17,24-25H,2H2,1H3,(H,29,32)/t24-,25-/m0/s1. The van der Waals surface area contributed by atoms with Crippen molar-refractivity contribution in [3.05, 3.63) is 114 Å². The van der Waals surface area contributed by atoms with Crippen molar-refractivity contribution in [1.82, 2.24) is 14.9 Å². The van der Waals surface area contributed by atoms with Crippen LogP contribution in [0.1, 0.15) is 36.0 Å². The van der Waals surface area contributed by atoms with Gasteiger partial charge in [-0.15, -0.1) is 0 Å². The fraction of sp³-hybridized carbons (Fsp3) is 0.154. The van der Waals surface area contributed by atoms with Gasteiger partial charge in [-0.25, -0.2) is 4.39 Å². The monoisotopic (exact) mass is 442 g/mol. The van der Waals surface area contributed by atoms with Gasteiger partial charge in [0.2, 0.25) is 0 Å². The third-order valence-electron chi connectivity index (χ3n) is 5.92. The molecule has 0 saturated carbocycles. The smallest absolute Gasteiger partial charge is 0.174 e. The number of halogens is 1. The molecule has 6 heteroatoms. The summed E-state index contributed by atoms with van der Waals surface area (Å²) in [6.45, 7) is 2.14. The largest absolute Gasteiger partial charge is 0.351 e. The van der Waals surface area contributed by atoms with E-state index >= 15 is 0 Å². The topological polar surface area (TPSA) is 33.1 Å². The molecule has 5 rings (SSSR count). The van der Waals surface area contributed by atoms with E-state index in [9.17, 15) is 4.39 Å². The fourth-order valence-corrected chi connectivity index (χ4v) is 4.67. The first-order chi connectivity index (χ1) is 15.7. The Labute approximate surface area is 192 Å².